The average Bonchev–Trinajstić information content (AvgIpc) is 2.39. The quantitative estimate of drug-likeness (QED) is 0.830. The lowest BCUT2D eigenvalue weighted by Crippen LogP contribution is -2.27. The summed E-state index contributed by atoms with van der Waals surface area (Å²) < 4.78 is 0. The topological polar surface area (TPSA) is 61.2 Å². The number of nitrogens with one attached hydrogen (secondary N) is 1. The molecule has 0 spiro atoms. The first kappa shape index (κ1) is 11.5. The molecule has 0 aliphatic heterocycles. The van der Waals surface area contributed by atoms with Crippen LogP contribution in [0.1, 0.15) is 11.7 Å². The van der Waals surface area contributed by atoms with Crippen LogP contribution in [0.4, 0.5) is 0 Å². The summed E-state index contributed by atoms with van der Waals surface area (Å²) in [6, 6.07) is 8.77. The Labute approximate surface area is 99.6 Å². The van der Waals surface area contributed by atoms with Crippen LogP contribution in [-0.4, -0.2) is 16.6 Å². The molecule has 2 N–H and O–H groups in total. The number of benzene rings is 1. The minimum absolute atomic E-state index is 0.215. The van der Waals surface area contributed by atoms with Crippen LogP contribution in [-0.2, 0) is 4.79 Å². The summed E-state index contributed by atoms with van der Waals surface area (Å²) in [5, 5.41) is 17.6. The van der Waals surface area contributed by atoms with Gasteiger partial charge in [-0.05, 0) is 11.6 Å². The minimum atomic E-state index is -1.17. The largest absolute Gasteiger partial charge is 0.381 e. The summed E-state index contributed by atoms with van der Waals surface area (Å²) in [5.41, 5.74) is 0.778. The van der Waals surface area contributed by atoms with E-state index in [4.69, 9.17) is 5.41 Å². The first-order valence-electron chi connectivity index (χ1n) is 5.40. The Bertz CT molecular complexity index is 488. The lowest BCUT2D eigenvalue weighted by Gasteiger charge is -2.17. The van der Waals surface area contributed by atoms with Crippen LogP contribution in [0, 0.1) is 11.3 Å². The SMILES string of the molecule is N=C1C=CC=CC1C(=O)C(O)c1ccccc1. The van der Waals surface area contributed by atoms with Crippen molar-refractivity contribution in [1.29, 1.82) is 5.41 Å². The molecular weight excluding hydrogens is 214 g/mol. The van der Waals surface area contributed by atoms with Gasteiger partial charge in [-0.2, -0.15) is 0 Å². The molecule has 1 aromatic carbocycles. The average molecular weight is 227 g/mol. The Kier molecular flexibility index (Phi) is 3.30. The van der Waals surface area contributed by atoms with Gasteiger partial charge >= 0.3 is 0 Å². The van der Waals surface area contributed by atoms with Gasteiger partial charge in [0.05, 0.1) is 5.92 Å². The minimum Gasteiger partial charge on any atom is -0.381 e. The zero-order valence-electron chi connectivity index (χ0n) is 9.21. The molecule has 1 aliphatic carbocycles. The molecule has 0 saturated heterocycles. The molecule has 0 amide bonds. The molecule has 86 valence electrons. The third-order valence-corrected chi connectivity index (χ3v) is 2.72. The van der Waals surface area contributed by atoms with Crippen molar-refractivity contribution in [3.63, 3.8) is 0 Å². The Morgan fingerprint density at radius 2 is 1.94 bits per heavy atom. The molecule has 2 rings (SSSR count). The fourth-order valence-electron chi connectivity index (χ4n) is 1.76. The molecule has 0 aromatic heterocycles. The zero-order chi connectivity index (χ0) is 12.3. The summed E-state index contributed by atoms with van der Waals surface area (Å²) in [4.78, 5) is 12.0. The molecule has 2 unspecified atom stereocenters. The second-order valence-electron chi connectivity index (χ2n) is 3.89. The van der Waals surface area contributed by atoms with Gasteiger partial charge in [0.25, 0.3) is 0 Å². The van der Waals surface area contributed by atoms with Gasteiger partial charge in [-0.15, -0.1) is 0 Å². The maximum atomic E-state index is 12.0. The molecule has 0 radical (unpaired) electrons. The molecule has 0 saturated carbocycles. The fourth-order valence-corrected chi connectivity index (χ4v) is 1.76. The summed E-state index contributed by atoms with van der Waals surface area (Å²) in [5.74, 6) is -1.00. The highest BCUT2D eigenvalue weighted by Gasteiger charge is 2.27. The molecule has 17 heavy (non-hydrogen) atoms. The van der Waals surface area contributed by atoms with Gasteiger partial charge in [-0.1, -0.05) is 48.6 Å². The number of hydrogen-bond acceptors (Lipinski definition) is 3. The van der Waals surface area contributed by atoms with Crippen LogP contribution >= 0.6 is 0 Å². The smallest absolute Gasteiger partial charge is 0.178 e. The van der Waals surface area contributed by atoms with Crippen molar-refractivity contribution in [3.05, 3.63) is 60.2 Å². The molecular formula is C14H13NO2. The van der Waals surface area contributed by atoms with Gasteiger partial charge < -0.3 is 10.5 Å². The van der Waals surface area contributed by atoms with Crippen LogP contribution in [0.25, 0.3) is 0 Å². The number of aliphatic hydroxyl groups is 1. The fraction of sp³-hybridized carbons (Fsp3) is 0.143. The van der Waals surface area contributed by atoms with E-state index in [9.17, 15) is 9.90 Å². The van der Waals surface area contributed by atoms with E-state index >= 15 is 0 Å². The standard InChI is InChI=1S/C14H13NO2/c15-12-9-5-4-8-11(12)14(17)13(16)10-6-2-1-3-7-10/h1-9,11,13,15-16H. The summed E-state index contributed by atoms with van der Waals surface area (Å²) in [6.45, 7) is 0. The summed E-state index contributed by atoms with van der Waals surface area (Å²) in [7, 11) is 0. The lowest BCUT2D eigenvalue weighted by molar-refractivity contribution is -0.128. The second kappa shape index (κ2) is 4.89. The maximum absolute atomic E-state index is 12.0. The van der Waals surface area contributed by atoms with Crippen molar-refractivity contribution >= 4 is 11.5 Å². The Balaban J connectivity index is 2.18. The Morgan fingerprint density at radius 1 is 1.24 bits per heavy atom. The molecule has 3 nitrogen and oxygen atoms in total. The van der Waals surface area contributed by atoms with Gasteiger partial charge in [0.1, 0.15) is 6.10 Å². The lowest BCUT2D eigenvalue weighted by atomic mass is 9.89. The summed E-state index contributed by atoms with van der Waals surface area (Å²) in [6.07, 6.45) is 5.47. The number of carbonyl (C=O) groups excluding carboxylic acids is 1. The van der Waals surface area contributed by atoms with Crippen LogP contribution in [0.2, 0.25) is 0 Å². The van der Waals surface area contributed by atoms with Crippen molar-refractivity contribution in [1.82, 2.24) is 0 Å². The van der Waals surface area contributed by atoms with E-state index in [0.29, 0.717) is 5.56 Å². The number of carbonyl (C=O) groups is 1. The predicted octanol–water partition coefficient (Wildman–Crippen LogP) is 2.05. The number of Topliss-reactive ketones (excluding diaryl/α,β-unsaturated/α-hetero) is 1. The highest BCUT2D eigenvalue weighted by molar-refractivity contribution is 6.12. The van der Waals surface area contributed by atoms with Gasteiger partial charge in [-0.25, -0.2) is 0 Å². The van der Waals surface area contributed by atoms with Crippen molar-refractivity contribution < 1.29 is 9.90 Å². The second-order valence-corrected chi connectivity index (χ2v) is 3.89. The maximum Gasteiger partial charge on any atom is 0.178 e. The highest BCUT2D eigenvalue weighted by atomic mass is 16.3. The molecule has 2 atom stereocenters. The van der Waals surface area contributed by atoms with Gasteiger partial charge in [0.2, 0.25) is 0 Å². The number of aliphatic hydroxyl groups excluding tert-OH is 1. The van der Waals surface area contributed by atoms with Crippen molar-refractivity contribution in [2.24, 2.45) is 5.92 Å². The van der Waals surface area contributed by atoms with Crippen LogP contribution < -0.4 is 0 Å². The van der Waals surface area contributed by atoms with E-state index in [1.54, 1.807) is 48.6 Å². The Hall–Kier alpha value is -2.00. The van der Waals surface area contributed by atoms with E-state index in [-0.39, 0.29) is 11.5 Å². The third kappa shape index (κ3) is 2.40. The van der Waals surface area contributed by atoms with Crippen LogP contribution in [0.3, 0.4) is 0 Å². The van der Waals surface area contributed by atoms with Crippen LogP contribution in [0.15, 0.2) is 54.6 Å². The van der Waals surface area contributed by atoms with Crippen molar-refractivity contribution in [3.8, 4) is 0 Å². The van der Waals surface area contributed by atoms with E-state index < -0.39 is 12.0 Å². The third-order valence-electron chi connectivity index (χ3n) is 2.72. The molecule has 0 fully saturated rings. The molecule has 0 bridgehead atoms. The normalized spacial score (nSPS) is 20.3. The monoisotopic (exact) mass is 227 g/mol. The number of ketones is 1. The predicted molar refractivity (Wildman–Crippen MR) is 65.9 cm³/mol. The van der Waals surface area contributed by atoms with Gasteiger partial charge in [0, 0.05) is 5.71 Å². The van der Waals surface area contributed by atoms with Crippen molar-refractivity contribution in [2.45, 2.75) is 6.10 Å². The Morgan fingerprint density at radius 3 is 2.59 bits per heavy atom. The first-order chi connectivity index (χ1) is 8.20. The van der Waals surface area contributed by atoms with E-state index in [1.165, 1.54) is 0 Å². The number of rotatable bonds is 3. The van der Waals surface area contributed by atoms with E-state index in [1.807, 2.05) is 6.07 Å². The first-order valence-corrected chi connectivity index (χ1v) is 5.40. The molecule has 1 aliphatic rings. The molecule has 0 heterocycles. The van der Waals surface area contributed by atoms with Crippen LogP contribution in [0.5, 0.6) is 0 Å². The number of allylic oxidation sites excluding steroid dienone is 4. The zero-order valence-corrected chi connectivity index (χ0v) is 9.21. The molecule has 3 heteroatoms. The highest BCUT2D eigenvalue weighted by Crippen LogP contribution is 2.20. The summed E-state index contributed by atoms with van der Waals surface area (Å²) >= 11 is 0. The number of hydrogen-bond donors (Lipinski definition) is 2. The van der Waals surface area contributed by atoms with E-state index in [0.717, 1.165) is 0 Å². The van der Waals surface area contributed by atoms with Gasteiger partial charge in [0.15, 0.2) is 5.78 Å². The molecule has 1 aromatic rings. The van der Waals surface area contributed by atoms with Gasteiger partial charge in [-0.3, -0.25) is 4.79 Å². The van der Waals surface area contributed by atoms with E-state index in [2.05, 4.69) is 0 Å². The van der Waals surface area contributed by atoms with Crippen molar-refractivity contribution in [2.75, 3.05) is 0 Å².